The van der Waals surface area contributed by atoms with Crippen molar-refractivity contribution in [2.24, 2.45) is 5.73 Å². The summed E-state index contributed by atoms with van der Waals surface area (Å²) in [6, 6.07) is 0.598. The maximum Gasteiger partial charge on any atom is 0.420 e. The van der Waals surface area contributed by atoms with Crippen molar-refractivity contribution in [2.75, 3.05) is 5.73 Å². The standard InChI is InChI=1S/C19H17F6N3O2/c1-3-13(26)8-12(18(20,21)22)11-29-7-5-6-14(4-2)30-16-10-28-17(27)9-15(16)19(23,24)25/h3-11H,1-2,26H2,(H2,27,28)/b7-5+,12-11-,13-8+,14-6+. The number of halogens is 6. The van der Waals surface area contributed by atoms with E-state index >= 15 is 0 Å². The quantitative estimate of drug-likeness (QED) is 0.337. The summed E-state index contributed by atoms with van der Waals surface area (Å²) in [5.41, 5.74) is 7.97. The largest absolute Gasteiger partial charge is 0.472 e. The molecule has 0 fully saturated rings. The van der Waals surface area contributed by atoms with Crippen LogP contribution in [0.3, 0.4) is 0 Å². The molecule has 0 aliphatic heterocycles. The zero-order valence-electron chi connectivity index (χ0n) is 15.3. The van der Waals surface area contributed by atoms with Crippen LogP contribution < -0.4 is 16.2 Å². The van der Waals surface area contributed by atoms with E-state index in [1.165, 1.54) is 0 Å². The van der Waals surface area contributed by atoms with Gasteiger partial charge in [-0.1, -0.05) is 13.2 Å². The predicted molar refractivity (Wildman–Crippen MR) is 99.4 cm³/mol. The van der Waals surface area contributed by atoms with Gasteiger partial charge in [-0.2, -0.15) is 26.3 Å². The van der Waals surface area contributed by atoms with Crippen molar-refractivity contribution in [3.05, 3.63) is 90.9 Å². The van der Waals surface area contributed by atoms with E-state index in [2.05, 4.69) is 22.9 Å². The minimum Gasteiger partial charge on any atom is -0.472 e. The van der Waals surface area contributed by atoms with E-state index in [4.69, 9.17) is 16.2 Å². The number of nitrogens with two attached hydrogens (primary N) is 2. The van der Waals surface area contributed by atoms with Crippen molar-refractivity contribution in [3.63, 3.8) is 0 Å². The molecule has 0 spiro atoms. The molecular formula is C19H17F6N3O2. The second-order valence-electron chi connectivity index (χ2n) is 5.36. The number of allylic oxidation sites excluding steroid dienone is 6. The fourth-order valence-corrected chi connectivity index (χ4v) is 1.75. The first-order chi connectivity index (χ1) is 13.9. The van der Waals surface area contributed by atoms with Gasteiger partial charge < -0.3 is 20.9 Å². The van der Waals surface area contributed by atoms with E-state index in [0.29, 0.717) is 18.4 Å². The van der Waals surface area contributed by atoms with E-state index in [1.807, 2.05) is 0 Å². The van der Waals surface area contributed by atoms with Crippen LogP contribution in [0.15, 0.2) is 85.4 Å². The van der Waals surface area contributed by atoms with Gasteiger partial charge in [-0.15, -0.1) is 0 Å². The molecule has 1 rings (SSSR count). The highest BCUT2D eigenvalue weighted by Crippen LogP contribution is 2.37. The monoisotopic (exact) mass is 433 g/mol. The van der Waals surface area contributed by atoms with Gasteiger partial charge in [0.1, 0.15) is 23.4 Å². The predicted octanol–water partition coefficient (Wildman–Crippen LogP) is 5.14. The van der Waals surface area contributed by atoms with Gasteiger partial charge in [-0.05, 0) is 36.4 Å². The Hall–Kier alpha value is -3.63. The van der Waals surface area contributed by atoms with Gasteiger partial charge in [0, 0.05) is 5.70 Å². The van der Waals surface area contributed by atoms with Gasteiger partial charge in [0.05, 0.1) is 18.0 Å². The molecule has 1 aromatic rings. The van der Waals surface area contributed by atoms with E-state index in [-0.39, 0.29) is 17.3 Å². The maximum absolute atomic E-state index is 13.1. The van der Waals surface area contributed by atoms with E-state index in [1.54, 1.807) is 0 Å². The molecule has 0 radical (unpaired) electrons. The van der Waals surface area contributed by atoms with Crippen molar-refractivity contribution in [1.82, 2.24) is 4.98 Å². The van der Waals surface area contributed by atoms with Crippen LogP contribution in [0.2, 0.25) is 0 Å². The Morgan fingerprint density at radius 1 is 1.10 bits per heavy atom. The molecule has 0 atom stereocenters. The van der Waals surface area contributed by atoms with E-state index in [9.17, 15) is 26.3 Å². The molecule has 0 aliphatic carbocycles. The molecular weight excluding hydrogens is 416 g/mol. The van der Waals surface area contributed by atoms with Crippen LogP contribution in [0.25, 0.3) is 0 Å². The maximum atomic E-state index is 13.1. The average Bonchev–Trinajstić information content (AvgIpc) is 2.65. The van der Waals surface area contributed by atoms with Crippen LogP contribution in [0.5, 0.6) is 5.75 Å². The Morgan fingerprint density at radius 3 is 2.30 bits per heavy atom. The van der Waals surface area contributed by atoms with Crippen molar-refractivity contribution in [1.29, 1.82) is 0 Å². The smallest absolute Gasteiger partial charge is 0.420 e. The van der Waals surface area contributed by atoms with Gasteiger partial charge in [-0.3, -0.25) is 0 Å². The summed E-state index contributed by atoms with van der Waals surface area (Å²) in [5, 5.41) is 0. The van der Waals surface area contributed by atoms with Gasteiger partial charge in [-0.25, -0.2) is 4.98 Å². The van der Waals surface area contributed by atoms with Crippen LogP contribution in [-0.4, -0.2) is 11.2 Å². The first kappa shape index (κ1) is 24.4. The molecule has 5 nitrogen and oxygen atoms in total. The van der Waals surface area contributed by atoms with Gasteiger partial charge in [0.2, 0.25) is 0 Å². The third-order valence-corrected chi connectivity index (χ3v) is 3.12. The SMILES string of the molecule is C=C/C(N)=C\C(=C\O/C=C/C=C(\C=C)Oc1cnc(N)cc1C(F)(F)F)C(F)(F)F. The summed E-state index contributed by atoms with van der Waals surface area (Å²) < 4.78 is 87.5. The molecule has 30 heavy (non-hydrogen) atoms. The van der Waals surface area contributed by atoms with Crippen LogP contribution >= 0.6 is 0 Å². The lowest BCUT2D eigenvalue weighted by Crippen LogP contribution is -2.11. The Balaban J connectivity index is 2.99. The number of hydrogen-bond acceptors (Lipinski definition) is 5. The Bertz CT molecular complexity index is 897. The van der Waals surface area contributed by atoms with Gasteiger partial charge >= 0.3 is 12.4 Å². The molecule has 0 saturated heterocycles. The number of alkyl halides is 6. The zero-order chi connectivity index (χ0) is 22.9. The van der Waals surface area contributed by atoms with Crippen LogP contribution in [0.4, 0.5) is 32.2 Å². The minimum absolute atomic E-state index is 0.164. The highest BCUT2D eigenvalue weighted by atomic mass is 19.4. The molecule has 0 aromatic carbocycles. The summed E-state index contributed by atoms with van der Waals surface area (Å²) in [6.45, 7) is 6.62. The molecule has 1 heterocycles. The first-order valence-corrected chi connectivity index (χ1v) is 7.90. The molecule has 0 saturated carbocycles. The number of aromatic nitrogens is 1. The van der Waals surface area contributed by atoms with Crippen LogP contribution in [0, 0.1) is 0 Å². The number of nitrogens with zero attached hydrogens (tertiary/aromatic N) is 1. The van der Waals surface area contributed by atoms with Gasteiger partial charge in [0.25, 0.3) is 0 Å². The fraction of sp³-hybridized carbons (Fsp3) is 0.105. The molecule has 0 amide bonds. The van der Waals surface area contributed by atoms with Crippen LogP contribution in [-0.2, 0) is 10.9 Å². The van der Waals surface area contributed by atoms with Crippen LogP contribution in [0.1, 0.15) is 5.56 Å². The van der Waals surface area contributed by atoms with E-state index < -0.39 is 29.2 Å². The Kier molecular flexibility index (Phi) is 8.33. The van der Waals surface area contributed by atoms with Gasteiger partial charge in [0.15, 0.2) is 5.75 Å². The van der Waals surface area contributed by atoms with Crippen molar-refractivity contribution >= 4 is 5.82 Å². The highest BCUT2D eigenvalue weighted by Gasteiger charge is 2.35. The molecule has 0 bridgehead atoms. The number of anilines is 1. The fourth-order valence-electron chi connectivity index (χ4n) is 1.75. The second kappa shape index (κ2) is 10.2. The van der Waals surface area contributed by atoms with Crippen molar-refractivity contribution in [3.8, 4) is 5.75 Å². The molecule has 1 aromatic heterocycles. The summed E-state index contributed by atoms with van der Waals surface area (Å²) in [7, 11) is 0. The van der Waals surface area contributed by atoms with Crippen molar-refractivity contribution < 1.29 is 35.8 Å². The lowest BCUT2D eigenvalue weighted by atomic mass is 10.2. The number of nitrogen functional groups attached to an aromatic ring is 1. The summed E-state index contributed by atoms with van der Waals surface area (Å²) in [4.78, 5) is 3.53. The number of rotatable bonds is 8. The number of hydrogen-bond donors (Lipinski definition) is 2. The first-order valence-electron chi connectivity index (χ1n) is 7.90. The third kappa shape index (κ3) is 7.78. The molecule has 0 aliphatic rings. The highest BCUT2D eigenvalue weighted by molar-refractivity contribution is 5.43. The molecule has 0 unspecified atom stereocenters. The number of pyridine rings is 1. The third-order valence-electron chi connectivity index (χ3n) is 3.12. The average molecular weight is 433 g/mol. The second-order valence-corrected chi connectivity index (χ2v) is 5.36. The minimum atomic E-state index is -4.75. The zero-order valence-corrected chi connectivity index (χ0v) is 15.3. The summed E-state index contributed by atoms with van der Waals surface area (Å²) in [6.07, 6.45) is -2.58. The van der Waals surface area contributed by atoms with E-state index in [0.717, 1.165) is 36.8 Å². The lowest BCUT2D eigenvalue weighted by Gasteiger charge is -2.13. The Morgan fingerprint density at radius 2 is 1.77 bits per heavy atom. The normalized spacial score (nSPS) is 14.0. The number of ether oxygens (including phenoxy) is 2. The lowest BCUT2D eigenvalue weighted by molar-refractivity contribution is -0.138. The molecule has 11 heteroatoms. The topological polar surface area (TPSA) is 83.4 Å². The summed E-state index contributed by atoms with van der Waals surface area (Å²) >= 11 is 0. The summed E-state index contributed by atoms with van der Waals surface area (Å²) in [5.74, 6) is -1.16. The van der Waals surface area contributed by atoms with Crippen molar-refractivity contribution in [2.45, 2.75) is 12.4 Å². The molecule has 4 N–H and O–H groups in total. The molecule has 162 valence electrons. The Labute approximate surface area is 168 Å².